The van der Waals surface area contributed by atoms with Gasteiger partial charge in [-0.05, 0) is 33.6 Å². The monoisotopic (exact) mass is 378 g/mol. The largest absolute Gasteiger partial charge is 0.119 e. The molecule has 0 aliphatic carbocycles. The van der Waals surface area contributed by atoms with Crippen LogP contribution in [-0.4, -0.2) is 19.9 Å². The lowest BCUT2D eigenvalue weighted by Gasteiger charge is -2.29. The van der Waals surface area contributed by atoms with Crippen LogP contribution in [-0.2, 0) is 0 Å². The highest BCUT2D eigenvalue weighted by Crippen LogP contribution is 2.36. The van der Waals surface area contributed by atoms with E-state index in [2.05, 4.69) is 38.4 Å². The van der Waals surface area contributed by atoms with E-state index in [0.717, 1.165) is 23.7 Å². The summed E-state index contributed by atoms with van der Waals surface area (Å²) in [5.41, 5.74) is 0.994. The Hall–Kier alpha value is 1.28. The molecule has 0 rings (SSSR count). The van der Waals surface area contributed by atoms with Crippen molar-refractivity contribution in [2.45, 2.75) is 48.2 Å². The lowest BCUT2D eigenvalue weighted by Crippen LogP contribution is -2.30. The Morgan fingerprint density at radius 2 is 1.87 bits per heavy atom. The van der Waals surface area contributed by atoms with Gasteiger partial charge in [-0.1, -0.05) is 44.0 Å². The second kappa shape index (κ2) is 6.28. The van der Waals surface area contributed by atoms with E-state index in [1.807, 2.05) is 20.8 Å². The van der Waals surface area contributed by atoms with E-state index in [-0.39, 0.29) is 14.6 Å². The summed E-state index contributed by atoms with van der Waals surface area (Å²) in [6.45, 7) is 9.89. The Balaban J connectivity index is 4.31. The van der Waals surface area contributed by atoms with Crippen LogP contribution in [0.4, 0.5) is 0 Å². The maximum atomic E-state index is 6.44. The third-order valence-corrected chi connectivity index (χ3v) is 6.57. The lowest BCUT2D eigenvalue weighted by molar-refractivity contribution is 0.552. The van der Waals surface area contributed by atoms with Crippen molar-refractivity contribution >= 4 is 55.1 Å². The Bertz CT molecular complexity index is 223. The lowest BCUT2D eigenvalue weighted by atomic mass is 9.94. The maximum absolute atomic E-state index is 6.44. The number of halogens is 4. The molecule has 15 heavy (non-hydrogen) atoms. The summed E-state index contributed by atoms with van der Waals surface area (Å²) in [4.78, 5) is -0.351. The van der Waals surface area contributed by atoms with Gasteiger partial charge in [0.15, 0.2) is 0 Å². The molecular formula is C11H18Br2Cl2. The molecule has 0 nitrogen and oxygen atoms in total. The van der Waals surface area contributed by atoms with E-state index in [4.69, 9.17) is 23.2 Å². The molecule has 0 radical (unpaired) electrons. The van der Waals surface area contributed by atoms with Gasteiger partial charge in [0.2, 0.25) is 0 Å². The molecule has 0 bridgehead atoms. The van der Waals surface area contributed by atoms with Crippen molar-refractivity contribution < 1.29 is 0 Å². The zero-order chi connectivity index (χ0) is 12.3. The van der Waals surface area contributed by atoms with Gasteiger partial charge in [0.25, 0.3) is 0 Å². The van der Waals surface area contributed by atoms with Crippen molar-refractivity contribution in [3.8, 4) is 0 Å². The molecule has 90 valence electrons. The number of allylic oxidation sites excluding steroid dienone is 1. The predicted octanol–water partition coefficient (Wildman–Crippen LogP) is 5.50. The van der Waals surface area contributed by atoms with Gasteiger partial charge in [0, 0.05) is 10.2 Å². The average Bonchev–Trinajstić information content (AvgIpc) is 2.11. The summed E-state index contributed by atoms with van der Waals surface area (Å²) in [5.74, 6) is 0. The molecule has 0 aromatic carbocycles. The molecule has 4 heteroatoms. The van der Waals surface area contributed by atoms with E-state index >= 15 is 0 Å². The van der Waals surface area contributed by atoms with E-state index in [1.165, 1.54) is 0 Å². The summed E-state index contributed by atoms with van der Waals surface area (Å²) in [5, 5.41) is 0.722. The smallest absolute Gasteiger partial charge is 0.0746 e. The second-order valence-corrected chi connectivity index (χ2v) is 7.81. The van der Waals surface area contributed by atoms with Crippen molar-refractivity contribution in [1.29, 1.82) is 0 Å². The molecule has 0 amide bonds. The van der Waals surface area contributed by atoms with Crippen molar-refractivity contribution in [2.24, 2.45) is 0 Å². The van der Waals surface area contributed by atoms with E-state index in [1.54, 1.807) is 0 Å². The van der Waals surface area contributed by atoms with Gasteiger partial charge in [-0.25, -0.2) is 0 Å². The summed E-state index contributed by atoms with van der Waals surface area (Å²) in [6, 6.07) is 0. The molecular weight excluding hydrogens is 363 g/mol. The third kappa shape index (κ3) is 5.43. The van der Waals surface area contributed by atoms with Crippen LogP contribution in [0.15, 0.2) is 12.2 Å². The van der Waals surface area contributed by atoms with E-state index < -0.39 is 0 Å². The Labute approximate surface area is 120 Å². The third-order valence-electron chi connectivity index (χ3n) is 2.52. The Morgan fingerprint density at radius 3 is 2.13 bits per heavy atom. The standard InChI is InChI=1S/C11H18Br2Cl2/c1-8(2)11(15,7-12)6-5-9(13)10(3,4)14/h9H,1,5-7H2,2-4H3/t9-,11-/m1/s1. The zero-order valence-electron chi connectivity index (χ0n) is 9.42. The summed E-state index contributed by atoms with van der Waals surface area (Å²) in [7, 11) is 0. The number of rotatable bonds is 6. The molecule has 0 aromatic rings. The number of alkyl halides is 4. The minimum absolute atomic E-state index is 0.251. The number of hydrogen-bond acceptors (Lipinski definition) is 0. The molecule has 0 heterocycles. The molecule has 0 fully saturated rings. The summed E-state index contributed by atoms with van der Waals surface area (Å²) in [6.07, 6.45) is 1.79. The molecule has 0 aliphatic heterocycles. The van der Waals surface area contributed by atoms with Crippen LogP contribution in [0, 0.1) is 0 Å². The van der Waals surface area contributed by atoms with Gasteiger partial charge in [-0.3, -0.25) is 0 Å². The van der Waals surface area contributed by atoms with Gasteiger partial charge in [-0.15, -0.1) is 23.2 Å². The van der Waals surface area contributed by atoms with Crippen LogP contribution in [0.5, 0.6) is 0 Å². The van der Waals surface area contributed by atoms with Crippen LogP contribution < -0.4 is 0 Å². The highest BCUT2D eigenvalue weighted by atomic mass is 79.9. The van der Waals surface area contributed by atoms with Crippen LogP contribution >= 0.6 is 55.1 Å². The quantitative estimate of drug-likeness (QED) is 0.422. The predicted molar refractivity (Wildman–Crippen MR) is 79.1 cm³/mol. The van der Waals surface area contributed by atoms with Crippen LogP contribution in [0.1, 0.15) is 33.6 Å². The van der Waals surface area contributed by atoms with Gasteiger partial charge < -0.3 is 0 Å². The first-order chi connectivity index (χ1) is 6.63. The Morgan fingerprint density at radius 1 is 1.40 bits per heavy atom. The minimum Gasteiger partial charge on any atom is -0.119 e. The highest BCUT2D eigenvalue weighted by molar-refractivity contribution is 9.09. The minimum atomic E-state index is -0.353. The van der Waals surface area contributed by atoms with Crippen molar-refractivity contribution in [3.05, 3.63) is 12.2 Å². The average molecular weight is 381 g/mol. The highest BCUT2D eigenvalue weighted by Gasteiger charge is 2.31. The van der Waals surface area contributed by atoms with Crippen molar-refractivity contribution in [3.63, 3.8) is 0 Å². The van der Waals surface area contributed by atoms with Crippen LogP contribution in [0.3, 0.4) is 0 Å². The summed E-state index contributed by atoms with van der Waals surface area (Å²) < 4.78 is 0. The number of hydrogen-bond donors (Lipinski definition) is 0. The molecule has 0 aliphatic rings. The maximum Gasteiger partial charge on any atom is 0.0746 e. The molecule has 0 saturated carbocycles. The molecule has 0 spiro atoms. The first-order valence-corrected chi connectivity index (χ1v) is 7.66. The van der Waals surface area contributed by atoms with Gasteiger partial charge in [0.05, 0.1) is 9.75 Å². The van der Waals surface area contributed by atoms with Crippen LogP contribution in [0.25, 0.3) is 0 Å². The molecule has 2 atom stereocenters. The molecule has 0 saturated heterocycles. The molecule has 0 aromatic heterocycles. The van der Waals surface area contributed by atoms with Crippen LogP contribution in [0.2, 0.25) is 0 Å². The fourth-order valence-electron chi connectivity index (χ4n) is 1.09. The zero-order valence-corrected chi connectivity index (χ0v) is 14.1. The van der Waals surface area contributed by atoms with Crippen molar-refractivity contribution in [1.82, 2.24) is 0 Å². The molecule has 0 N–H and O–H groups in total. The van der Waals surface area contributed by atoms with Gasteiger partial charge in [0.1, 0.15) is 0 Å². The summed E-state index contributed by atoms with van der Waals surface area (Å²) >= 11 is 19.7. The fraction of sp³-hybridized carbons (Fsp3) is 0.818. The van der Waals surface area contributed by atoms with Gasteiger partial charge >= 0.3 is 0 Å². The van der Waals surface area contributed by atoms with Crippen molar-refractivity contribution in [2.75, 3.05) is 5.33 Å². The van der Waals surface area contributed by atoms with E-state index in [0.29, 0.717) is 0 Å². The Kier molecular flexibility index (Phi) is 6.81. The fourth-order valence-corrected chi connectivity index (χ4v) is 2.30. The SMILES string of the molecule is C=C(C)[C@](Cl)(CBr)CC[C@@H](Br)C(C)(C)Cl. The van der Waals surface area contributed by atoms with E-state index in [9.17, 15) is 0 Å². The van der Waals surface area contributed by atoms with Gasteiger partial charge in [-0.2, -0.15) is 0 Å². The first-order valence-electron chi connectivity index (χ1n) is 4.87. The first kappa shape index (κ1) is 16.3. The second-order valence-electron chi connectivity index (χ2n) is 4.45. The topological polar surface area (TPSA) is 0 Å². The normalized spacial score (nSPS) is 18.3. The molecule has 0 unspecified atom stereocenters.